The van der Waals surface area contributed by atoms with Crippen LogP contribution in [-0.4, -0.2) is 49.8 Å². The molecule has 1 aliphatic rings. The number of hydrogen-bond donors (Lipinski definition) is 1. The van der Waals surface area contributed by atoms with E-state index in [1.54, 1.807) is 18.4 Å². The molecule has 2 rings (SSSR count). The van der Waals surface area contributed by atoms with Crippen molar-refractivity contribution < 1.29 is 9.47 Å². The van der Waals surface area contributed by atoms with Gasteiger partial charge in [0.1, 0.15) is 5.60 Å². The lowest BCUT2D eigenvalue weighted by atomic mass is 9.93. The maximum Gasteiger partial charge on any atom is 0.159 e. The number of aromatic amines is 1. The van der Waals surface area contributed by atoms with Crippen LogP contribution in [0.5, 0.6) is 0 Å². The lowest BCUT2D eigenvalue weighted by Crippen LogP contribution is -2.35. The summed E-state index contributed by atoms with van der Waals surface area (Å²) in [5, 5.41) is 0. The molecule has 1 aliphatic heterocycles. The van der Waals surface area contributed by atoms with Crippen LogP contribution in [0.4, 0.5) is 0 Å². The molecular formula is C15H27IN2O2S2. The van der Waals surface area contributed by atoms with Crippen molar-refractivity contribution in [3.63, 3.8) is 0 Å². The molecule has 0 atom stereocenters. The van der Waals surface area contributed by atoms with Gasteiger partial charge in [-0.05, 0) is 54.4 Å². The summed E-state index contributed by atoms with van der Waals surface area (Å²) in [7, 11) is 1.77. The number of nitrogens with zero attached hydrogens (tertiary/aromatic N) is 1. The van der Waals surface area contributed by atoms with Crippen molar-refractivity contribution in [2.45, 2.75) is 39.2 Å². The second-order valence-corrected chi connectivity index (χ2v) is 7.85. The van der Waals surface area contributed by atoms with Gasteiger partial charge < -0.3 is 19.4 Å². The SMILES string of the molecule is CCN(CC)CC.COC1(c2sc(=S)[nH]c2I)CCOCC1. The Balaban J connectivity index is 0.000000295. The third-order valence-electron chi connectivity index (χ3n) is 4.05. The highest BCUT2D eigenvalue weighted by Crippen LogP contribution is 2.40. The molecule has 1 fully saturated rings. The monoisotopic (exact) mass is 458 g/mol. The van der Waals surface area contributed by atoms with Gasteiger partial charge >= 0.3 is 0 Å². The molecule has 4 nitrogen and oxygen atoms in total. The van der Waals surface area contributed by atoms with Gasteiger partial charge in [-0.3, -0.25) is 0 Å². The van der Waals surface area contributed by atoms with Crippen LogP contribution in [-0.2, 0) is 15.1 Å². The number of methoxy groups -OCH3 is 1. The average Bonchev–Trinajstić information content (AvgIpc) is 2.89. The maximum atomic E-state index is 5.72. The number of hydrogen-bond acceptors (Lipinski definition) is 5. The van der Waals surface area contributed by atoms with E-state index < -0.39 is 0 Å². The Kier molecular flexibility index (Phi) is 9.65. The van der Waals surface area contributed by atoms with Crippen LogP contribution in [0.2, 0.25) is 0 Å². The average molecular weight is 458 g/mol. The van der Waals surface area contributed by atoms with Gasteiger partial charge in [0.05, 0.1) is 8.58 Å². The Morgan fingerprint density at radius 2 is 1.82 bits per heavy atom. The first kappa shape index (κ1) is 20.5. The quantitative estimate of drug-likeness (QED) is 0.524. The van der Waals surface area contributed by atoms with Gasteiger partial charge in [-0.2, -0.15) is 0 Å². The van der Waals surface area contributed by atoms with Crippen LogP contribution in [0.15, 0.2) is 0 Å². The van der Waals surface area contributed by atoms with E-state index in [0.29, 0.717) is 0 Å². The van der Waals surface area contributed by atoms with Crippen molar-refractivity contribution >= 4 is 46.1 Å². The third-order valence-corrected chi connectivity index (χ3v) is 6.65. The first-order valence-corrected chi connectivity index (χ1v) is 10.1. The van der Waals surface area contributed by atoms with Crippen molar-refractivity contribution in [3.8, 4) is 0 Å². The van der Waals surface area contributed by atoms with Gasteiger partial charge in [-0.1, -0.05) is 20.8 Å². The number of H-pyrrole nitrogens is 1. The fourth-order valence-electron chi connectivity index (χ4n) is 2.50. The molecular weight excluding hydrogens is 431 g/mol. The van der Waals surface area contributed by atoms with E-state index in [1.807, 2.05) is 0 Å². The second-order valence-electron chi connectivity index (χ2n) is 5.09. The normalized spacial score (nSPS) is 17.2. The van der Waals surface area contributed by atoms with Gasteiger partial charge in [0, 0.05) is 33.2 Å². The zero-order chi connectivity index (χ0) is 16.6. The van der Waals surface area contributed by atoms with Crippen molar-refractivity contribution in [3.05, 3.63) is 12.5 Å². The Morgan fingerprint density at radius 1 is 1.27 bits per heavy atom. The zero-order valence-electron chi connectivity index (χ0n) is 13.9. The van der Waals surface area contributed by atoms with E-state index in [9.17, 15) is 0 Å². The molecule has 0 amide bonds. The van der Waals surface area contributed by atoms with E-state index in [2.05, 4.69) is 53.2 Å². The maximum absolute atomic E-state index is 5.72. The summed E-state index contributed by atoms with van der Waals surface area (Å²) in [5.74, 6) is 0. The van der Waals surface area contributed by atoms with Crippen LogP contribution < -0.4 is 0 Å². The van der Waals surface area contributed by atoms with Crippen molar-refractivity contribution in [2.24, 2.45) is 0 Å². The Bertz CT molecular complexity index is 475. The molecule has 2 heterocycles. The second kappa shape index (κ2) is 10.4. The van der Waals surface area contributed by atoms with Crippen molar-refractivity contribution in [1.82, 2.24) is 9.88 Å². The van der Waals surface area contributed by atoms with E-state index in [-0.39, 0.29) is 5.60 Å². The van der Waals surface area contributed by atoms with Crippen molar-refractivity contribution in [2.75, 3.05) is 40.0 Å². The molecule has 1 aromatic heterocycles. The molecule has 0 aliphatic carbocycles. The zero-order valence-corrected chi connectivity index (χ0v) is 17.7. The molecule has 0 bridgehead atoms. The molecule has 7 heteroatoms. The first-order chi connectivity index (χ1) is 10.5. The molecule has 1 N–H and O–H groups in total. The number of ether oxygens (including phenoxy) is 2. The number of halogens is 1. The van der Waals surface area contributed by atoms with Crippen molar-refractivity contribution in [1.29, 1.82) is 0 Å². The largest absolute Gasteiger partial charge is 0.381 e. The summed E-state index contributed by atoms with van der Waals surface area (Å²) >= 11 is 9.06. The minimum absolute atomic E-state index is 0.187. The number of nitrogens with one attached hydrogen (secondary N) is 1. The minimum atomic E-state index is -0.187. The fourth-order valence-corrected chi connectivity index (χ4v) is 5.26. The first-order valence-electron chi connectivity index (χ1n) is 7.77. The number of aromatic nitrogens is 1. The standard InChI is InChI=1S/C9H12INO2S2.C6H15N/c1-12-9(2-4-13-5-3-9)6-7(10)11-8(14)15-6;1-4-7(5-2)6-3/h2-5H2,1H3,(H,11,14);4-6H2,1-3H3. The van der Waals surface area contributed by atoms with E-state index >= 15 is 0 Å². The highest BCUT2D eigenvalue weighted by atomic mass is 127. The predicted molar refractivity (Wildman–Crippen MR) is 104 cm³/mol. The highest BCUT2D eigenvalue weighted by Gasteiger charge is 2.37. The van der Waals surface area contributed by atoms with Gasteiger partial charge in [-0.25, -0.2) is 0 Å². The summed E-state index contributed by atoms with van der Waals surface area (Å²) in [6.07, 6.45) is 1.81. The molecule has 0 radical (unpaired) electrons. The molecule has 1 saturated heterocycles. The van der Waals surface area contributed by atoms with Gasteiger partial charge in [0.15, 0.2) is 3.95 Å². The van der Waals surface area contributed by atoms with E-state index in [4.69, 9.17) is 21.7 Å². The van der Waals surface area contributed by atoms with E-state index in [0.717, 1.165) is 33.7 Å². The van der Waals surface area contributed by atoms with Gasteiger partial charge in [-0.15, -0.1) is 11.3 Å². The lowest BCUT2D eigenvalue weighted by Gasteiger charge is -2.35. The van der Waals surface area contributed by atoms with Crippen LogP contribution in [0.3, 0.4) is 0 Å². The topological polar surface area (TPSA) is 37.5 Å². The van der Waals surface area contributed by atoms with Gasteiger partial charge in [0.2, 0.25) is 0 Å². The number of rotatable bonds is 5. The van der Waals surface area contributed by atoms with Crippen LogP contribution in [0.25, 0.3) is 0 Å². The fraction of sp³-hybridized carbons (Fsp3) is 0.800. The molecule has 1 aromatic rings. The summed E-state index contributed by atoms with van der Waals surface area (Å²) < 4.78 is 13.0. The summed E-state index contributed by atoms with van der Waals surface area (Å²) in [6.45, 7) is 11.6. The highest BCUT2D eigenvalue weighted by molar-refractivity contribution is 14.1. The predicted octanol–water partition coefficient (Wildman–Crippen LogP) is 4.41. The number of thiazole rings is 1. The van der Waals surface area contributed by atoms with Gasteiger partial charge in [0.25, 0.3) is 0 Å². The Hall–Kier alpha value is 0.460. The van der Waals surface area contributed by atoms with E-state index in [1.165, 1.54) is 24.5 Å². The molecule has 22 heavy (non-hydrogen) atoms. The smallest absolute Gasteiger partial charge is 0.159 e. The molecule has 0 spiro atoms. The Labute approximate surface area is 156 Å². The third kappa shape index (κ3) is 5.52. The molecule has 0 saturated carbocycles. The van der Waals surface area contributed by atoms with Crippen LogP contribution >= 0.6 is 46.1 Å². The summed E-state index contributed by atoms with van der Waals surface area (Å²) in [6, 6.07) is 0. The molecule has 128 valence electrons. The van der Waals surface area contributed by atoms with Crippen LogP contribution in [0, 0.1) is 7.65 Å². The molecule has 0 unspecified atom stereocenters. The Morgan fingerprint density at radius 3 is 2.14 bits per heavy atom. The lowest BCUT2D eigenvalue weighted by molar-refractivity contribution is -0.0931. The molecule has 0 aromatic carbocycles. The summed E-state index contributed by atoms with van der Waals surface area (Å²) in [5.41, 5.74) is -0.187. The minimum Gasteiger partial charge on any atom is -0.381 e. The van der Waals surface area contributed by atoms with Crippen LogP contribution in [0.1, 0.15) is 38.5 Å². The summed E-state index contributed by atoms with van der Waals surface area (Å²) in [4.78, 5) is 6.76.